The maximum atomic E-state index is 11.6. The molecule has 0 aliphatic carbocycles. The van der Waals surface area contributed by atoms with Crippen LogP contribution in [-0.4, -0.2) is 13.5 Å². The van der Waals surface area contributed by atoms with Gasteiger partial charge in [0.15, 0.2) is 5.11 Å². The topological polar surface area (TPSA) is 84.2 Å². The molecule has 0 radical (unpaired) electrons. The number of nitrogens with one attached hydrogen (secondary N) is 2. The Morgan fingerprint density at radius 2 is 2.00 bits per heavy atom. The molecule has 0 amide bonds. The SMILES string of the molecule is NC(=S)NNS(=O)(=O)c1ccccc1Cl. The highest BCUT2D eigenvalue weighted by Gasteiger charge is 2.16. The van der Waals surface area contributed by atoms with Crippen LogP contribution < -0.4 is 16.0 Å². The third-order valence-electron chi connectivity index (χ3n) is 1.43. The molecule has 0 heterocycles. The summed E-state index contributed by atoms with van der Waals surface area (Å²) < 4.78 is 23.2. The largest absolute Gasteiger partial charge is 0.375 e. The number of rotatable bonds is 3. The Morgan fingerprint density at radius 3 is 2.53 bits per heavy atom. The van der Waals surface area contributed by atoms with Gasteiger partial charge in [-0.25, -0.2) is 8.42 Å². The Hall–Kier alpha value is -0.890. The van der Waals surface area contributed by atoms with Gasteiger partial charge in [-0.1, -0.05) is 23.7 Å². The van der Waals surface area contributed by atoms with Crippen molar-refractivity contribution in [1.29, 1.82) is 0 Å². The van der Waals surface area contributed by atoms with Crippen molar-refractivity contribution in [2.75, 3.05) is 0 Å². The number of nitrogens with two attached hydrogens (primary N) is 1. The van der Waals surface area contributed by atoms with E-state index in [0.717, 1.165) is 0 Å². The molecule has 0 bridgehead atoms. The van der Waals surface area contributed by atoms with Gasteiger partial charge in [0.1, 0.15) is 4.90 Å². The van der Waals surface area contributed by atoms with Gasteiger partial charge in [-0.15, -0.1) is 4.83 Å². The Labute approximate surface area is 97.6 Å². The summed E-state index contributed by atoms with van der Waals surface area (Å²) in [6, 6.07) is 6.02. The average molecular weight is 266 g/mol. The number of thiocarbonyl (C=S) groups is 1. The quantitative estimate of drug-likeness (QED) is 0.543. The van der Waals surface area contributed by atoms with Crippen molar-refractivity contribution in [2.45, 2.75) is 4.90 Å². The van der Waals surface area contributed by atoms with Crippen molar-refractivity contribution in [1.82, 2.24) is 10.3 Å². The number of hydrogen-bond acceptors (Lipinski definition) is 3. The highest BCUT2D eigenvalue weighted by atomic mass is 35.5. The van der Waals surface area contributed by atoms with Gasteiger partial charge in [-0.2, -0.15) is 0 Å². The zero-order chi connectivity index (χ0) is 11.5. The fourth-order valence-corrected chi connectivity index (χ4v) is 2.33. The maximum absolute atomic E-state index is 11.6. The van der Waals surface area contributed by atoms with Gasteiger partial charge in [-0.3, -0.25) is 5.43 Å². The average Bonchev–Trinajstić information content (AvgIpc) is 2.15. The zero-order valence-electron chi connectivity index (χ0n) is 7.40. The molecule has 82 valence electrons. The molecule has 0 saturated carbocycles. The van der Waals surface area contributed by atoms with Gasteiger partial charge in [0.2, 0.25) is 0 Å². The summed E-state index contributed by atoms with van der Waals surface area (Å²) in [7, 11) is -3.75. The number of halogens is 1. The second-order valence-corrected chi connectivity index (χ2v) is 5.02. The maximum Gasteiger partial charge on any atom is 0.258 e. The van der Waals surface area contributed by atoms with Gasteiger partial charge in [0.25, 0.3) is 10.0 Å². The van der Waals surface area contributed by atoms with Crippen LogP contribution in [0.2, 0.25) is 5.02 Å². The van der Waals surface area contributed by atoms with Crippen molar-refractivity contribution >= 4 is 39.0 Å². The summed E-state index contributed by atoms with van der Waals surface area (Å²) in [5.41, 5.74) is 7.20. The van der Waals surface area contributed by atoms with E-state index >= 15 is 0 Å². The van der Waals surface area contributed by atoms with Crippen LogP contribution in [0.5, 0.6) is 0 Å². The summed E-state index contributed by atoms with van der Waals surface area (Å²) in [5, 5.41) is -0.0552. The molecule has 0 atom stereocenters. The fraction of sp³-hybridized carbons (Fsp3) is 0. The first-order chi connectivity index (χ1) is 6.93. The molecule has 0 aliphatic heterocycles. The van der Waals surface area contributed by atoms with Crippen molar-refractivity contribution in [3.63, 3.8) is 0 Å². The van der Waals surface area contributed by atoms with Crippen LogP contribution in [0.1, 0.15) is 0 Å². The highest BCUT2D eigenvalue weighted by Crippen LogP contribution is 2.19. The van der Waals surface area contributed by atoms with Crippen LogP contribution in [0.4, 0.5) is 0 Å². The first-order valence-electron chi connectivity index (χ1n) is 3.75. The molecule has 1 rings (SSSR count). The number of sulfonamides is 1. The third kappa shape index (κ3) is 3.31. The van der Waals surface area contributed by atoms with Crippen LogP contribution >= 0.6 is 23.8 Å². The molecule has 0 unspecified atom stereocenters. The normalized spacial score (nSPS) is 11.0. The summed E-state index contributed by atoms with van der Waals surface area (Å²) in [6.45, 7) is 0. The molecule has 15 heavy (non-hydrogen) atoms. The molecule has 4 N–H and O–H groups in total. The molecule has 0 fully saturated rings. The number of hydrazine groups is 1. The molecule has 8 heteroatoms. The second-order valence-electron chi connectivity index (χ2n) is 2.53. The molecular formula is C7H8ClN3O2S2. The van der Waals surface area contributed by atoms with E-state index < -0.39 is 10.0 Å². The van der Waals surface area contributed by atoms with Crippen molar-refractivity contribution in [3.8, 4) is 0 Å². The van der Waals surface area contributed by atoms with Crippen molar-refractivity contribution < 1.29 is 8.42 Å². The lowest BCUT2D eigenvalue weighted by Crippen LogP contribution is -2.44. The fourth-order valence-electron chi connectivity index (χ4n) is 0.835. The van der Waals surface area contributed by atoms with Gasteiger partial charge >= 0.3 is 0 Å². The van der Waals surface area contributed by atoms with Crippen LogP contribution in [0.3, 0.4) is 0 Å². The van der Waals surface area contributed by atoms with Gasteiger partial charge in [0, 0.05) is 0 Å². The number of benzene rings is 1. The molecule has 0 saturated heterocycles. The Morgan fingerprint density at radius 1 is 1.40 bits per heavy atom. The molecular weight excluding hydrogens is 258 g/mol. The van der Waals surface area contributed by atoms with Crippen molar-refractivity contribution in [3.05, 3.63) is 29.3 Å². The van der Waals surface area contributed by atoms with E-state index in [1.807, 2.05) is 4.83 Å². The van der Waals surface area contributed by atoms with Crippen LogP contribution in [0.15, 0.2) is 29.2 Å². The molecule has 5 nitrogen and oxygen atoms in total. The molecule has 0 aliphatic rings. The summed E-state index contributed by atoms with van der Waals surface area (Å²) in [4.78, 5) is 1.94. The molecule has 1 aromatic rings. The lowest BCUT2D eigenvalue weighted by molar-refractivity contribution is 0.577. The number of hydrogen-bond donors (Lipinski definition) is 3. The van der Waals surface area contributed by atoms with E-state index in [4.69, 9.17) is 17.3 Å². The first kappa shape index (κ1) is 12.2. The van der Waals surface area contributed by atoms with E-state index in [1.54, 1.807) is 12.1 Å². The molecule has 0 aromatic heterocycles. The van der Waals surface area contributed by atoms with Crippen LogP contribution in [0.25, 0.3) is 0 Å². The van der Waals surface area contributed by atoms with Gasteiger partial charge < -0.3 is 5.73 Å². The van der Waals surface area contributed by atoms with Crippen molar-refractivity contribution in [2.24, 2.45) is 5.73 Å². The second kappa shape index (κ2) is 4.75. The summed E-state index contributed by atoms with van der Waals surface area (Å²) >= 11 is 10.2. The van der Waals surface area contributed by atoms with Crippen LogP contribution in [-0.2, 0) is 10.0 Å². The minimum Gasteiger partial charge on any atom is -0.375 e. The standard InChI is InChI=1S/C7H8ClN3O2S2/c8-5-3-1-2-4-6(5)15(12,13)11-10-7(9)14/h1-4,11H,(H3,9,10,14). The summed E-state index contributed by atoms with van der Waals surface area (Å²) in [6.07, 6.45) is 0. The minimum atomic E-state index is -3.75. The monoisotopic (exact) mass is 265 g/mol. The highest BCUT2D eigenvalue weighted by molar-refractivity contribution is 7.89. The lowest BCUT2D eigenvalue weighted by Gasteiger charge is -2.08. The first-order valence-corrected chi connectivity index (χ1v) is 6.02. The van der Waals surface area contributed by atoms with Crippen LogP contribution in [0, 0.1) is 0 Å². The predicted molar refractivity (Wildman–Crippen MR) is 61.7 cm³/mol. The van der Waals surface area contributed by atoms with Gasteiger partial charge in [0.05, 0.1) is 5.02 Å². The van der Waals surface area contributed by atoms with Gasteiger partial charge in [-0.05, 0) is 24.4 Å². The van der Waals surface area contributed by atoms with E-state index in [9.17, 15) is 8.42 Å². The molecule has 0 spiro atoms. The van der Waals surface area contributed by atoms with E-state index in [-0.39, 0.29) is 15.0 Å². The molecule has 1 aromatic carbocycles. The lowest BCUT2D eigenvalue weighted by atomic mass is 10.4. The van der Waals surface area contributed by atoms with E-state index in [0.29, 0.717) is 0 Å². The Balaban J connectivity index is 2.97. The minimum absolute atomic E-state index is 0.0459. The predicted octanol–water partition coefficient (Wildman–Crippen LogP) is 0.367. The zero-order valence-corrected chi connectivity index (χ0v) is 9.79. The Kier molecular flexibility index (Phi) is 3.86. The summed E-state index contributed by atoms with van der Waals surface area (Å²) in [5.74, 6) is 0. The van der Waals surface area contributed by atoms with E-state index in [1.165, 1.54) is 12.1 Å². The third-order valence-corrected chi connectivity index (χ3v) is 3.28. The van der Waals surface area contributed by atoms with E-state index in [2.05, 4.69) is 17.6 Å². The Bertz CT molecular complexity index is 475. The smallest absolute Gasteiger partial charge is 0.258 e.